The van der Waals surface area contributed by atoms with Gasteiger partial charge in [0.05, 0.1) is 18.2 Å². The fourth-order valence-electron chi connectivity index (χ4n) is 3.05. The quantitative estimate of drug-likeness (QED) is 0.846. The fourth-order valence-corrected chi connectivity index (χ4v) is 3.05. The van der Waals surface area contributed by atoms with Crippen LogP contribution in [-0.4, -0.2) is 18.1 Å². The Morgan fingerprint density at radius 1 is 1.43 bits per heavy atom. The van der Waals surface area contributed by atoms with Crippen LogP contribution in [0.5, 0.6) is 5.75 Å². The van der Waals surface area contributed by atoms with Gasteiger partial charge in [0.15, 0.2) is 11.6 Å². The highest BCUT2D eigenvalue weighted by Gasteiger charge is 2.37. The smallest absolute Gasteiger partial charge is 0.240 e. The maximum absolute atomic E-state index is 14.1. The first kappa shape index (κ1) is 16.2. The largest absolute Gasteiger partial charge is 0.490 e. The number of ether oxygens (including phenoxy) is 1. The second-order valence-corrected chi connectivity index (χ2v) is 7.00. The van der Waals surface area contributed by atoms with Crippen molar-refractivity contribution in [2.24, 2.45) is 11.7 Å². The number of nitrogens with one attached hydrogen (secondary N) is 1. The maximum Gasteiger partial charge on any atom is 0.240 e. The molecule has 1 aromatic rings. The predicted molar refractivity (Wildman–Crippen MR) is 86.6 cm³/mol. The molecule has 2 fully saturated rings. The molecule has 0 saturated heterocycles. The summed E-state index contributed by atoms with van der Waals surface area (Å²) in [5, 5.41) is 2.91. The number of hydrogen-bond donors (Lipinski definition) is 2. The molecular weight excluding hydrogens is 295 g/mol. The van der Waals surface area contributed by atoms with Crippen molar-refractivity contribution >= 4 is 5.91 Å². The molecule has 0 bridgehead atoms. The van der Waals surface area contributed by atoms with Crippen molar-refractivity contribution in [3.05, 3.63) is 29.6 Å². The van der Waals surface area contributed by atoms with E-state index in [4.69, 9.17) is 10.5 Å². The van der Waals surface area contributed by atoms with Crippen molar-refractivity contribution in [3.63, 3.8) is 0 Å². The van der Waals surface area contributed by atoms with Gasteiger partial charge in [-0.3, -0.25) is 4.79 Å². The average molecular weight is 320 g/mol. The van der Waals surface area contributed by atoms with Crippen molar-refractivity contribution < 1.29 is 13.9 Å². The standard InChI is InChI=1S/C18H25FN2O2/c1-12(21-17(22)18(20)8-2-3-9-18)14-6-7-16(15(19)10-14)23-11-13-4-5-13/h6-7,10,12-13H,2-5,8-9,11,20H2,1H3,(H,21,22). The number of hydrogen-bond acceptors (Lipinski definition) is 3. The van der Waals surface area contributed by atoms with Crippen LogP contribution in [0.1, 0.15) is 57.1 Å². The second-order valence-electron chi connectivity index (χ2n) is 7.00. The van der Waals surface area contributed by atoms with Crippen LogP contribution in [0.2, 0.25) is 0 Å². The van der Waals surface area contributed by atoms with Gasteiger partial charge in [0, 0.05) is 0 Å². The highest BCUT2D eigenvalue weighted by molar-refractivity contribution is 5.86. The monoisotopic (exact) mass is 320 g/mol. The number of amides is 1. The van der Waals surface area contributed by atoms with Crippen molar-refractivity contribution in [2.45, 2.75) is 57.0 Å². The lowest BCUT2D eigenvalue weighted by molar-refractivity contribution is -0.126. The average Bonchev–Trinajstić information content (AvgIpc) is 3.25. The molecule has 126 valence electrons. The topological polar surface area (TPSA) is 64.4 Å². The van der Waals surface area contributed by atoms with Crippen LogP contribution in [0, 0.1) is 11.7 Å². The lowest BCUT2D eigenvalue weighted by atomic mass is 9.97. The molecule has 0 heterocycles. The van der Waals surface area contributed by atoms with E-state index in [0.717, 1.165) is 18.4 Å². The van der Waals surface area contributed by atoms with E-state index in [0.29, 0.717) is 25.4 Å². The van der Waals surface area contributed by atoms with Gasteiger partial charge in [-0.1, -0.05) is 18.9 Å². The summed E-state index contributed by atoms with van der Waals surface area (Å²) in [6.45, 7) is 2.42. The third kappa shape index (κ3) is 3.83. The highest BCUT2D eigenvalue weighted by Crippen LogP contribution is 2.31. The molecule has 1 atom stereocenters. The minimum absolute atomic E-state index is 0.142. The second kappa shape index (κ2) is 6.48. The zero-order valence-corrected chi connectivity index (χ0v) is 13.6. The zero-order valence-electron chi connectivity index (χ0n) is 13.6. The van der Waals surface area contributed by atoms with Gasteiger partial charge in [-0.15, -0.1) is 0 Å². The predicted octanol–water partition coefficient (Wildman–Crippen LogP) is 3.06. The van der Waals surface area contributed by atoms with Gasteiger partial charge in [0.1, 0.15) is 0 Å². The molecule has 0 aliphatic heterocycles. The molecule has 3 rings (SSSR count). The Hall–Kier alpha value is -1.62. The van der Waals surface area contributed by atoms with E-state index >= 15 is 0 Å². The van der Waals surface area contributed by atoms with E-state index in [1.165, 1.54) is 18.9 Å². The highest BCUT2D eigenvalue weighted by atomic mass is 19.1. The van der Waals surface area contributed by atoms with E-state index < -0.39 is 5.54 Å². The third-order valence-electron chi connectivity index (χ3n) is 4.92. The lowest BCUT2D eigenvalue weighted by Gasteiger charge is -2.25. The molecule has 2 aliphatic rings. The molecule has 3 N–H and O–H groups in total. The molecule has 1 amide bonds. The fraction of sp³-hybridized carbons (Fsp3) is 0.611. The first-order valence-corrected chi connectivity index (χ1v) is 8.50. The molecule has 2 saturated carbocycles. The van der Waals surface area contributed by atoms with Gasteiger partial charge in [-0.2, -0.15) is 0 Å². The van der Waals surface area contributed by atoms with E-state index in [1.54, 1.807) is 12.1 Å². The van der Waals surface area contributed by atoms with Crippen molar-refractivity contribution in [3.8, 4) is 5.75 Å². The minimum atomic E-state index is -0.764. The number of halogens is 1. The molecule has 5 heteroatoms. The molecule has 0 spiro atoms. The van der Waals surface area contributed by atoms with Crippen molar-refractivity contribution in [1.82, 2.24) is 5.32 Å². The lowest BCUT2D eigenvalue weighted by Crippen LogP contribution is -2.52. The zero-order chi connectivity index (χ0) is 16.4. The third-order valence-corrected chi connectivity index (χ3v) is 4.92. The molecule has 23 heavy (non-hydrogen) atoms. The molecule has 2 aliphatic carbocycles. The van der Waals surface area contributed by atoms with Crippen LogP contribution in [0.3, 0.4) is 0 Å². The van der Waals surface area contributed by atoms with Gasteiger partial charge in [0.25, 0.3) is 0 Å². The van der Waals surface area contributed by atoms with Gasteiger partial charge in [0.2, 0.25) is 5.91 Å². The molecule has 1 unspecified atom stereocenters. The van der Waals surface area contributed by atoms with Crippen molar-refractivity contribution in [1.29, 1.82) is 0 Å². The van der Waals surface area contributed by atoms with E-state index in [9.17, 15) is 9.18 Å². The first-order valence-electron chi connectivity index (χ1n) is 8.50. The summed E-state index contributed by atoms with van der Waals surface area (Å²) in [4.78, 5) is 12.3. The van der Waals surface area contributed by atoms with Crippen LogP contribution in [-0.2, 0) is 4.79 Å². The van der Waals surface area contributed by atoms with Crippen LogP contribution in [0.4, 0.5) is 4.39 Å². The number of carbonyl (C=O) groups excluding carboxylic acids is 1. The Morgan fingerprint density at radius 2 is 2.13 bits per heavy atom. The van der Waals surface area contributed by atoms with E-state index in [-0.39, 0.29) is 23.5 Å². The summed E-state index contributed by atoms with van der Waals surface area (Å²) in [6.07, 6.45) is 5.74. The van der Waals surface area contributed by atoms with E-state index in [1.807, 2.05) is 6.92 Å². The normalized spacial score (nSPS) is 21.0. The van der Waals surface area contributed by atoms with Crippen molar-refractivity contribution in [2.75, 3.05) is 6.61 Å². The number of carbonyl (C=O) groups is 1. The molecular formula is C18H25FN2O2. The number of benzene rings is 1. The molecule has 0 radical (unpaired) electrons. The Labute approximate surface area is 136 Å². The number of nitrogens with two attached hydrogens (primary N) is 1. The summed E-state index contributed by atoms with van der Waals surface area (Å²) >= 11 is 0. The van der Waals surface area contributed by atoms with Crippen LogP contribution < -0.4 is 15.8 Å². The van der Waals surface area contributed by atoms with Gasteiger partial charge < -0.3 is 15.8 Å². The van der Waals surface area contributed by atoms with Crippen LogP contribution in [0.15, 0.2) is 18.2 Å². The SMILES string of the molecule is CC(NC(=O)C1(N)CCCC1)c1ccc(OCC2CC2)c(F)c1. The summed E-state index contributed by atoms with van der Waals surface area (Å²) < 4.78 is 19.6. The summed E-state index contributed by atoms with van der Waals surface area (Å²) in [5.41, 5.74) is 6.11. The van der Waals surface area contributed by atoms with E-state index in [2.05, 4.69) is 5.32 Å². The maximum atomic E-state index is 14.1. The van der Waals surface area contributed by atoms with Crippen LogP contribution in [0.25, 0.3) is 0 Å². The van der Waals surface area contributed by atoms with Gasteiger partial charge in [-0.05, 0) is 56.2 Å². The first-order chi connectivity index (χ1) is 11.0. The Balaban J connectivity index is 1.61. The molecule has 4 nitrogen and oxygen atoms in total. The Bertz CT molecular complexity index is 580. The minimum Gasteiger partial charge on any atom is -0.490 e. The number of rotatable bonds is 6. The molecule has 1 aromatic carbocycles. The summed E-state index contributed by atoms with van der Waals surface area (Å²) in [6, 6.07) is 4.60. The van der Waals surface area contributed by atoms with Gasteiger partial charge in [-0.25, -0.2) is 4.39 Å². The Morgan fingerprint density at radius 3 is 2.74 bits per heavy atom. The Kier molecular flexibility index (Phi) is 4.57. The summed E-state index contributed by atoms with van der Waals surface area (Å²) in [5.74, 6) is 0.342. The molecule has 0 aromatic heterocycles. The van der Waals surface area contributed by atoms with Gasteiger partial charge >= 0.3 is 0 Å². The van der Waals surface area contributed by atoms with Crippen LogP contribution >= 0.6 is 0 Å². The summed E-state index contributed by atoms with van der Waals surface area (Å²) in [7, 11) is 0.